The Morgan fingerprint density at radius 2 is 2.26 bits per heavy atom. The standard InChI is InChI=1S/C15H21NO3/c1-10(16)15(9-14(17)18)6-5-11-3-4-13(19-2)7-12(11)8-15/h3-4,7,10H,5-6,8-9,16H2,1-2H3,(H,17,18). The van der Waals surface area contributed by atoms with Crippen LogP contribution < -0.4 is 10.5 Å². The van der Waals surface area contributed by atoms with Gasteiger partial charge in [-0.15, -0.1) is 0 Å². The SMILES string of the molecule is COc1ccc2c(c1)CC(CC(=O)O)(C(C)N)CC2. The minimum atomic E-state index is -0.774. The molecule has 0 amide bonds. The number of carboxylic acids is 1. The third kappa shape index (κ3) is 2.73. The number of carbonyl (C=O) groups is 1. The first-order chi connectivity index (χ1) is 8.97. The van der Waals surface area contributed by atoms with Crippen LogP contribution in [0.4, 0.5) is 0 Å². The lowest BCUT2D eigenvalue weighted by Crippen LogP contribution is -2.45. The van der Waals surface area contributed by atoms with Gasteiger partial charge in [-0.2, -0.15) is 0 Å². The molecule has 0 spiro atoms. The maximum atomic E-state index is 11.1. The van der Waals surface area contributed by atoms with E-state index in [1.807, 2.05) is 19.1 Å². The maximum absolute atomic E-state index is 11.1. The zero-order chi connectivity index (χ0) is 14.0. The van der Waals surface area contributed by atoms with E-state index in [9.17, 15) is 4.79 Å². The van der Waals surface area contributed by atoms with Gasteiger partial charge in [0.15, 0.2) is 0 Å². The Kier molecular flexibility index (Phi) is 3.80. The topological polar surface area (TPSA) is 72.5 Å². The summed E-state index contributed by atoms with van der Waals surface area (Å²) in [5.41, 5.74) is 8.19. The van der Waals surface area contributed by atoms with E-state index >= 15 is 0 Å². The third-order valence-corrected chi connectivity index (χ3v) is 4.32. The van der Waals surface area contributed by atoms with Crippen molar-refractivity contribution in [2.24, 2.45) is 11.1 Å². The van der Waals surface area contributed by atoms with Gasteiger partial charge in [0.25, 0.3) is 0 Å². The van der Waals surface area contributed by atoms with Gasteiger partial charge < -0.3 is 15.6 Å². The minimum Gasteiger partial charge on any atom is -0.497 e. The number of fused-ring (bicyclic) bond motifs is 1. The summed E-state index contributed by atoms with van der Waals surface area (Å²) in [7, 11) is 1.64. The molecule has 4 heteroatoms. The molecule has 1 aliphatic carbocycles. The maximum Gasteiger partial charge on any atom is 0.303 e. The molecule has 1 aromatic rings. The summed E-state index contributed by atoms with van der Waals surface area (Å²) in [6, 6.07) is 5.89. The van der Waals surface area contributed by atoms with Crippen LogP contribution in [0.5, 0.6) is 5.75 Å². The lowest BCUT2D eigenvalue weighted by molar-refractivity contribution is -0.140. The molecule has 104 valence electrons. The van der Waals surface area contributed by atoms with Crippen molar-refractivity contribution in [2.75, 3.05) is 7.11 Å². The van der Waals surface area contributed by atoms with Crippen LogP contribution in [0.2, 0.25) is 0 Å². The van der Waals surface area contributed by atoms with Crippen LogP contribution in [0.1, 0.15) is 30.9 Å². The Bertz CT molecular complexity index is 484. The Morgan fingerprint density at radius 3 is 2.84 bits per heavy atom. The van der Waals surface area contributed by atoms with Gasteiger partial charge in [0.1, 0.15) is 5.75 Å². The van der Waals surface area contributed by atoms with E-state index in [0.717, 1.165) is 18.6 Å². The second-order valence-corrected chi connectivity index (χ2v) is 5.53. The number of aryl methyl sites for hydroxylation is 1. The van der Waals surface area contributed by atoms with Gasteiger partial charge >= 0.3 is 5.97 Å². The molecule has 19 heavy (non-hydrogen) atoms. The first kappa shape index (κ1) is 13.9. The Hall–Kier alpha value is -1.55. The van der Waals surface area contributed by atoms with E-state index in [2.05, 4.69) is 6.07 Å². The molecule has 4 nitrogen and oxygen atoms in total. The molecule has 0 saturated heterocycles. The number of hydrogen-bond acceptors (Lipinski definition) is 3. The number of nitrogens with two attached hydrogens (primary N) is 1. The largest absolute Gasteiger partial charge is 0.497 e. The van der Waals surface area contributed by atoms with Crippen LogP contribution in [0.25, 0.3) is 0 Å². The average molecular weight is 263 g/mol. The molecule has 0 saturated carbocycles. The van der Waals surface area contributed by atoms with Crippen molar-refractivity contribution < 1.29 is 14.6 Å². The van der Waals surface area contributed by atoms with E-state index in [-0.39, 0.29) is 17.9 Å². The fraction of sp³-hybridized carbons (Fsp3) is 0.533. The zero-order valence-corrected chi connectivity index (χ0v) is 11.5. The molecular weight excluding hydrogens is 242 g/mol. The molecule has 0 heterocycles. The lowest BCUT2D eigenvalue weighted by Gasteiger charge is -2.40. The van der Waals surface area contributed by atoms with E-state index < -0.39 is 5.97 Å². The first-order valence-electron chi connectivity index (χ1n) is 6.60. The van der Waals surface area contributed by atoms with Crippen LogP contribution >= 0.6 is 0 Å². The highest BCUT2D eigenvalue weighted by atomic mass is 16.5. The summed E-state index contributed by atoms with van der Waals surface area (Å²) in [4.78, 5) is 11.1. The number of rotatable bonds is 4. The van der Waals surface area contributed by atoms with Crippen molar-refractivity contribution in [2.45, 2.75) is 38.6 Å². The summed E-state index contributed by atoms with van der Waals surface area (Å²) >= 11 is 0. The van der Waals surface area contributed by atoms with Crippen LogP contribution in [0, 0.1) is 5.41 Å². The Balaban J connectivity index is 2.33. The predicted molar refractivity (Wildman–Crippen MR) is 73.4 cm³/mol. The summed E-state index contributed by atoms with van der Waals surface area (Å²) in [5, 5.41) is 9.15. The van der Waals surface area contributed by atoms with E-state index in [1.165, 1.54) is 11.1 Å². The van der Waals surface area contributed by atoms with E-state index in [1.54, 1.807) is 7.11 Å². The molecular formula is C15H21NO3. The molecule has 2 rings (SSSR count). The molecule has 0 aromatic heterocycles. The number of carboxylic acid groups (broad SMARTS) is 1. The van der Waals surface area contributed by atoms with Crippen molar-refractivity contribution in [3.63, 3.8) is 0 Å². The van der Waals surface area contributed by atoms with Gasteiger partial charge in [-0.25, -0.2) is 0 Å². The van der Waals surface area contributed by atoms with Gasteiger partial charge in [-0.3, -0.25) is 4.79 Å². The van der Waals surface area contributed by atoms with Crippen molar-refractivity contribution in [1.82, 2.24) is 0 Å². The zero-order valence-electron chi connectivity index (χ0n) is 11.5. The van der Waals surface area contributed by atoms with E-state index in [0.29, 0.717) is 6.42 Å². The highest BCUT2D eigenvalue weighted by Gasteiger charge is 2.39. The highest BCUT2D eigenvalue weighted by Crippen LogP contribution is 2.41. The molecule has 3 N–H and O–H groups in total. The lowest BCUT2D eigenvalue weighted by atomic mass is 9.66. The first-order valence-corrected chi connectivity index (χ1v) is 6.60. The van der Waals surface area contributed by atoms with Gasteiger partial charge in [-0.05, 0) is 54.9 Å². The average Bonchev–Trinajstić information content (AvgIpc) is 2.36. The van der Waals surface area contributed by atoms with Crippen LogP contribution in [0.3, 0.4) is 0 Å². The molecule has 2 atom stereocenters. The van der Waals surface area contributed by atoms with Gasteiger partial charge in [0.2, 0.25) is 0 Å². The number of aliphatic carboxylic acids is 1. The molecule has 0 radical (unpaired) electrons. The summed E-state index contributed by atoms with van der Waals surface area (Å²) < 4.78 is 5.24. The monoisotopic (exact) mass is 263 g/mol. The summed E-state index contributed by atoms with van der Waals surface area (Å²) in [6.07, 6.45) is 2.55. The fourth-order valence-electron chi connectivity index (χ4n) is 2.99. The second kappa shape index (κ2) is 5.21. The molecule has 0 bridgehead atoms. The van der Waals surface area contributed by atoms with Crippen molar-refractivity contribution >= 4 is 5.97 Å². The molecule has 1 aliphatic rings. The molecule has 1 aromatic carbocycles. The quantitative estimate of drug-likeness (QED) is 0.871. The normalized spacial score (nSPS) is 23.5. The van der Waals surface area contributed by atoms with Crippen LogP contribution in [-0.4, -0.2) is 24.2 Å². The molecule has 0 fully saturated rings. The third-order valence-electron chi connectivity index (χ3n) is 4.32. The van der Waals surface area contributed by atoms with Gasteiger partial charge in [-0.1, -0.05) is 6.07 Å². The van der Waals surface area contributed by atoms with Crippen LogP contribution in [0.15, 0.2) is 18.2 Å². The Morgan fingerprint density at radius 1 is 1.53 bits per heavy atom. The number of ether oxygens (including phenoxy) is 1. The van der Waals surface area contributed by atoms with Gasteiger partial charge in [0, 0.05) is 6.04 Å². The molecule has 2 unspecified atom stereocenters. The smallest absolute Gasteiger partial charge is 0.303 e. The minimum absolute atomic E-state index is 0.126. The van der Waals surface area contributed by atoms with Crippen LogP contribution in [-0.2, 0) is 17.6 Å². The fourth-order valence-corrected chi connectivity index (χ4v) is 2.99. The van der Waals surface area contributed by atoms with Crippen molar-refractivity contribution in [1.29, 1.82) is 0 Å². The summed E-state index contributed by atoms with van der Waals surface area (Å²) in [5.74, 6) is 0.0400. The highest BCUT2D eigenvalue weighted by molar-refractivity contribution is 5.68. The number of methoxy groups -OCH3 is 1. The van der Waals surface area contributed by atoms with Crippen molar-refractivity contribution in [3.05, 3.63) is 29.3 Å². The Labute approximate surface area is 113 Å². The summed E-state index contributed by atoms with van der Waals surface area (Å²) in [6.45, 7) is 1.91. The molecule has 0 aliphatic heterocycles. The van der Waals surface area contributed by atoms with Gasteiger partial charge in [0.05, 0.1) is 13.5 Å². The van der Waals surface area contributed by atoms with Crippen molar-refractivity contribution in [3.8, 4) is 5.75 Å². The number of benzene rings is 1. The second-order valence-electron chi connectivity index (χ2n) is 5.53. The number of hydrogen-bond donors (Lipinski definition) is 2. The predicted octanol–water partition coefficient (Wildman–Crippen LogP) is 1.99. The van der Waals surface area contributed by atoms with E-state index in [4.69, 9.17) is 15.6 Å².